The van der Waals surface area contributed by atoms with E-state index >= 15 is 0 Å². The molecule has 2 heterocycles. The third-order valence-corrected chi connectivity index (χ3v) is 4.23. The molecule has 0 unspecified atom stereocenters. The van der Waals surface area contributed by atoms with Gasteiger partial charge in [-0.05, 0) is 29.8 Å². The molecule has 2 aromatic heterocycles. The first-order chi connectivity index (χ1) is 14.5. The van der Waals surface area contributed by atoms with Gasteiger partial charge in [-0.2, -0.15) is 4.98 Å². The number of ether oxygens (including phenoxy) is 1. The average molecular weight is 413 g/mol. The van der Waals surface area contributed by atoms with Crippen molar-refractivity contribution in [2.45, 2.75) is 13.1 Å². The first kappa shape index (κ1) is 20.7. The van der Waals surface area contributed by atoms with Gasteiger partial charge in [-0.1, -0.05) is 12.1 Å². The van der Waals surface area contributed by atoms with Crippen molar-refractivity contribution in [3.05, 3.63) is 75.0 Å². The lowest BCUT2D eigenvalue weighted by molar-refractivity contribution is 0.414. The number of hydrogen-bond donors (Lipinski definition) is 3. The second kappa shape index (κ2) is 9.45. The number of nitrogens with two attached hydrogens (primary N) is 2. The number of aliphatic imine (C=N–C) groups is 1. The van der Waals surface area contributed by atoms with Crippen LogP contribution in [-0.4, -0.2) is 40.3 Å². The van der Waals surface area contributed by atoms with Crippen molar-refractivity contribution in [1.82, 2.24) is 14.1 Å². The highest BCUT2D eigenvalue weighted by atomic mass is 16.5. The summed E-state index contributed by atoms with van der Waals surface area (Å²) in [6.45, 7) is 0.720. The topological polar surface area (TPSA) is 156 Å². The standard InChI is InChI=1S/C19H23N7O4/c1-29-14-6-4-13(5-7-14)11-25-17(23-9-8-22-16(20)21)24-18(27)26(19(25)28)12-15-3-2-10-30-15/h2-7,10H,8-9,11-12H2,1H3,(H4,20,21,22)(H,23,24,27). The summed E-state index contributed by atoms with van der Waals surface area (Å²) < 4.78 is 12.8. The van der Waals surface area contributed by atoms with Gasteiger partial charge in [-0.15, -0.1) is 0 Å². The monoisotopic (exact) mass is 413 g/mol. The van der Waals surface area contributed by atoms with Crippen LogP contribution in [0.5, 0.6) is 5.75 Å². The van der Waals surface area contributed by atoms with E-state index < -0.39 is 11.4 Å². The Morgan fingerprint density at radius 3 is 2.57 bits per heavy atom. The molecule has 0 saturated carbocycles. The fourth-order valence-corrected chi connectivity index (χ4v) is 2.77. The van der Waals surface area contributed by atoms with E-state index in [0.717, 1.165) is 10.1 Å². The van der Waals surface area contributed by atoms with Crippen LogP contribution >= 0.6 is 0 Å². The Kier molecular flexibility index (Phi) is 6.53. The summed E-state index contributed by atoms with van der Waals surface area (Å²) >= 11 is 0. The molecule has 3 aromatic rings. The smallest absolute Gasteiger partial charge is 0.355 e. The lowest BCUT2D eigenvalue weighted by Gasteiger charge is -2.15. The van der Waals surface area contributed by atoms with Gasteiger partial charge in [0.15, 0.2) is 5.96 Å². The lowest BCUT2D eigenvalue weighted by Crippen LogP contribution is -2.43. The minimum Gasteiger partial charge on any atom is -0.497 e. The van der Waals surface area contributed by atoms with Gasteiger partial charge >= 0.3 is 11.4 Å². The van der Waals surface area contributed by atoms with Crippen molar-refractivity contribution in [3.8, 4) is 5.75 Å². The average Bonchev–Trinajstić information content (AvgIpc) is 3.24. The number of methoxy groups -OCH3 is 1. The molecule has 0 amide bonds. The van der Waals surface area contributed by atoms with Gasteiger partial charge in [-0.25, -0.2) is 14.2 Å². The molecular formula is C19H23N7O4. The van der Waals surface area contributed by atoms with Gasteiger partial charge in [0, 0.05) is 6.54 Å². The fourth-order valence-electron chi connectivity index (χ4n) is 2.77. The van der Waals surface area contributed by atoms with E-state index in [9.17, 15) is 9.59 Å². The summed E-state index contributed by atoms with van der Waals surface area (Å²) in [6, 6.07) is 10.6. The van der Waals surface area contributed by atoms with Crippen LogP contribution in [0.15, 0.2) is 61.7 Å². The van der Waals surface area contributed by atoms with Crippen LogP contribution in [0.3, 0.4) is 0 Å². The molecule has 30 heavy (non-hydrogen) atoms. The zero-order valence-corrected chi connectivity index (χ0v) is 16.4. The van der Waals surface area contributed by atoms with Crippen molar-refractivity contribution >= 4 is 11.9 Å². The van der Waals surface area contributed by atoms with E-state index in [4.69, 9.17) is 20.6 Å². The Bertz CT molecular complexity index is 1110. The molecule has 11 nitrogen and oxygen atoms in total. The molecule has 0 aliphatic rings. The third kappa shape index (κ3) is 5.07. The quantitative estimate of drug-likeness (QED) is 0.247. The Labute approximate surface area is 171 Å². The third-order valence-electron chi connectivity index (χ3n) is 4.23. The maximum Gasteiger partial charge on any atom is 0.355 e. The number of nitrogens with one attached hydrogen (secondary N) is 1. The SMILES string of the molecule is COc1ccc(Cn2c(NCCN=C(N)N)nc(=O)n(Cc3ccco3)c2=O)cc1. The molecule has 0 aliphatic heterocycles. The molecule has 0 aliphatic carbocycles. The fraction of sp³-hybridized carbons (Fsp3) is 0.263. The predicted molar refractivity (Wildman–Crippen MR) is 112 cm³/mol. The van der Waals surface area contributed by atoms with E-state index in [2.05, 4.69) is 15.3 Å². The summed E-state index contributed by atoms with van der Waals surface area (Å²) in [5, 5.41) is 2.95. The second-order valence-corrected chi connectivity index (χ2v) is 6.33. The summed E-state index contributed by atoms with van der Waals surface area (Å²) in [4.78, 5) is 33.5. The molecule has 0 atom stereocenters. The highest BCUT2D eigenvalue weighted by Gasteiger charge is 2.15. The van der Waals surface area contributed by atoms with Crippen LogP contribution < -0.4 is 32.9 Å². The normalized spacial score (nSPS) is 10.6. The molecule has 158 valence electrons. The minimum absolute atomic E-state index is 0.0193. The van der Waals surface area contributed by atoms with Crippen LogP contribution in [0.25, 0.3) is 0 Å². The molecule has 1 aromatic carbocycles. The van der Waals surface area contributed by atoms with Gasteiger partial charge in [0.05, 0.1) is 33.0 Å². The van der Waals surface area contributed by atoms with Gasteiger partial charge < -0.3 is 25.9 Å². The Morgan fingerprint density at radius 2 is 1.93 bits per heavy atom. The van der Waals surface area contributed by atoms with E-state index in [1.54, 1.807) is 31.4 Å². The summed E-state index contributed by atoms with van der Waals surface area (Å²) in [6.07, 6.45) is 1.48. The highest BCUT2D eigenvalue weighted by Crippen LogP contribution is 2.13. The van der Waals surface area contributed by atoms with Crippen molar-refractivity contribution in [3.63, 3.8) is 0 Å². The number of benzene rings is 1. The molecule has 5 N–H and O–H groups in total. The number of anilines is 1. The van der Waals surface area contributed by atoms with Crippen LogP contribution in [-0.2, 0) is 13.1 Å². The van der Waals surface area contributed by atoms with Crippen LogP contribution in [0.2, 0.25) is 0 Å². The minimum atomic E-state index is -0.688. The lowest BCUT2D eigenvalue weighted by atomic mass is 10.2. The number of guanidine groups is 1. The molecule has 0 fully saturated rings. The molecule has 11 heteroatoms. The molecular weight excluding hydrogens is 390 g/mol. The van der Waals surface area contributed by atoms with Crippen molar-refractivity contribution in [1.29, 1.82) is 0 Å². The molecule has 0 bridgehead atoms. The zero-order valence-electron chi connectivity index (χ0n) is 16.4. The van der Waals surface area contributed by atoms with E-state index in [1.807, 2.05) is 12.1 Å². The van der Waals surface area contributed by atoms with Crippen LogP contribution in [0, 0.1) is 0 Å². The number of rotatable bonds is 9. The number of nitrogens with zero attached hydrogens (tertiary/aromatic N) is 4. The molecule has 0 radical (unpaired) electrons. The second-order valence-electron chi connectivity index (χ2n) is 6.33. The van der Waals surface area contributed by atoms with Crippen molar-refractivity contribution < 1.29 is 9.15 Å². The maximum atomic E-state index is 13.1. The summed E-state index contributed by atoms with van der Waals surface area (Å²) in [5.74, 6) is 1.25. The summed E-state index contributed by atoms with van der Waals surface area (Å²) in [7, 11) is 1.58. The van der Waals surface area contributed by atoms with Crippen LogP contribution in [0.4, 0.5) is 5.95 Å². The van der Waals surface area contributed by atoms with Gasteiger partial charge in [0.25, 0.3) is 0 Å². The zero-order chi connectivity index (χ0) is 21.5. The number of aromatic nitrogens is 3. The van der Waals surface area contributed by atoms with E-state index in [1.165, 1.54) is 10.8 Å². The predicted octanol–water partition coefficient (Wildman–Crippen LogP) is -0.211. The Hall–Kier alpha value is -4.02. The van der Waals surface area contributed by atoms with Gasteiger partial charge in [0.2, 0.25) is 5.95 Å². The Balaban J connectivity index is 1.96. The largest absolute Gasteiger partial charge is 0.497 e. The first-order valence-corrected chi connectivity index (χ1v) is 9.14. The van der Waals surface area contributed by atoms with Crippen molar-refractivity contribution in [2.24, 2.45) is 16.5 Å². The highest BCUT2D eigenvalue weighted by molar-refractivity contribution is 5.75. The van der Waals surface area contributed by atoms with Crippen molar-refractivity contribution in [2.75, 3.05) is 25.5 Å². The molecule has 3 rings (SSSR count). The van der Waals surface area contributed by atoms with E-state index in [-0.39, 0.29) is 38.1 Å². The molecule has 0 spiro atoms. The van der Waals surface area contributed by atoms with Crippen LogP contribution in [0.1, 0.15) is 11.3 Å². The van der Waals surface area contributed by atoms with E-state index in [0.29, 0.717) is 11.5 Å². The Morgan fingerprint density at radius 1 is 1.17 bits per heavy atom. The first-order valence-electron chi connectivity index (χ1n) is 9.14. The maximum absolute atomic E-state index is 13.1. The number of furan rings is 1. The summed E-state index contributed by atoms with van der Waals surface area (Å²) in [5.41, 5.74) is 10.3. The van der Waals surface area contributed by atoms with Gasteiger partial charge in [-0.3, -0.25) is 9.56 Å². The number of hydrogen-bond acceptors (Lipinski definition) is 7. The van der Waals surface area contributed by atoms with Gasteiger partial charge in [0.1, 0.15) is 11.5 Å². The molecule has 0 saturated heterocycles.